The highest BCUT2D eigenvalue weighted by Crippen LogP contribution is 2.13. The Morgan fingerprint density at radius 3 is 2.56 bits per heavy atom. The van der Waals surface area contributed by atoms with Gasteiger partial charge < -0.3 is 10.0 Å². The van der Waals surface area contributed by atoms with Gasteiger partial charge in [0, 0.05) is 13.1 Å². The molecule has 0 aliphatic carbocycles. The molecule has 2 heteroatoms. The van der Waals surface area contributed by atoms with Crippen molar-refractivity contribution in [3.05, 3.63) is 0 Å². The molecule has 0 spiro atoms. The van der Waals surface area contributed by atoms with Crippen LogP contribution in [0.4, 0.5) is 0 Å². The van der Waals surface area contributed by atoms with Gasteiger partial charge in [-0.2, -0.15) is 0 Å². The largest absolute Gasteiger partial charge is 0.392 e. The summed E-state index contributed by atoms with van der Waals surface area (Å²) in [6.07, 6.45) is 0.892. The number of nitrogens with zero attached hydrogens (tertiary/aromatic N) is 1. The van der Waals surface area contributed by atoms with Gasteiger partial charge in [0.15, 0.2) is 0 Å². The van der Waals surface area contributed by atoms with Crippen molar-refractivity contribution >= 4 is 0 Å². The Kier molecular flexibility index (Phi) is 2.09. The lowest BCUT2D eigenvalue weighted by atomic mass is 9.99. The quantitative estimate of drug-likeness (QED) is 0.509. The first-order valence-electron chi connectivity index (χ1n) is 3.55. The highest BCUT2D eigenvalue weighted by molar-refractivity contribution is 4.73. The van der Waals surface area contributed by atoms with Crippen LogP contribution >= 0.6 is 0 Å². The summed E-state index contributed by atoms with van der Waals surface area (Å²) in [5.41, 5.74) is 0. The molecular formula is C7H15NO. The molecular weight excluding hydrogens is 114 g/mol. The molecule has 2 atom stereocenters. The number of hydrogen-bond donors (Lipinski definition) is 1. The molecule has 0 bridgehead atoms. The molecule has 2 nitrogen and oxygen atoms in total. The van der Waals surface area contributed by atoms with Crippen LogP contribution in [0.1, 0.15) is 13.3 Å². The van der Waals surface area contributed by atoms with E-state index in [0.717, 1.165) is 19.5 Å². The zero-order valence-corrected chi connectivity index (χ0v) is 6.17. The van der Waals surface area contributed by atoms with Crippen LogP contribution in [-0.2, 0) is 0 Å². The minimum atomic E-state index is -0.0845. The number of β-amino-alcohol motifs (C(OH)–C–C–N with tert-alkyl or cyclic N) is 1. The summed E-state index contributed by atoms with van der Waals surface area (Å²) in [6, 6.07) is 0. The summed E-state index contributed by atoms with van der Waals surface area (Å²) in [4.78, 5) is 2.18. The number of rotatable bonds is 0. The fourth-order valence-electron chi connectivity index (χ4n) is 1.58. The smallest absolute Gasteiger partial charge is 0.0670 e. The lowest BCUT2D eigenvalue weighted by molar-refractivity contribution is 0.0582. The zero-order valence-electron chi connectivity index (χ0n) is 6.17. The molecule has 0 radical (unpaired) electrons. The number of aliphatic hydroxyl groups is 1. The number of aliphatic hydroxyl groups excluding tert-OH is 1. The second-order valence-electron chi connectivity index (χ2n) is 3.22. The summed E-state index contributed by atoms with van der Waals surface area (Å²) >= 11 is 0. The fourth-order valence-corrected chi connectivity index (χ4v) is 1.58. The van der Waals surface area contributed by atoms with Crippen LogP contribution in [-0.4, -0.2) is 36.2 Å². The van der Waals surface area contributed by atoms with Crippen molar-refractivity contribution in [2.75, 3.05) is 20.1 Å². The predicted octanol–water partition coefficient (Wildman–Crippen LogP) is 0.319. The minimum absolute atomic E-state index is 0.0845. The van der Waals surface area contributed by atoms with Crippen LogP contribution in [0.25, 0.3) is 0 Å². The highest BCUT2D eigenvalue weighted by atomic mass is 16.3. The maximum Gasteiger partial charge on any atom is 0.0670 e. The lowest BCUT2D eigenvalue weighted by Gasteiger charge is -2.30. The zero-order chi connectivity index (χ0) is 6.85. The van der Waals surface area contributed by atoms with Crippen LogP contribution in [0.15, 0.2) is 0 Å². The topological polar surface area (TPSA) is 23.5 Å². The van der Waals surface area contributed by atoms with Gasteiger partial charge in [0.2, 0.25) is 0 Å². The number of likely N-dealkylation sites (tertiary alicyclic amines) is 1. The van der Waals surface area contributed by atoms with Crippen LogP contribution < -0.4 is 0 Å². The van der Waals surface area contributed by atoms with E-state index < -0.39 is 0 Å². The molecule has 2 unspecified atom stereocenters. The molecule has 1 fully saturated rings. The standard InChI is InChI=1S/C7H15NO/c1-6-3-7(9)5-8(2)4-6/h6-7,9H,3-5H2,1-2H3. The van der Waals surface area contributed by atoms with E-state index >= 15 is 0 Å². The van der Waals surface area contributed by atoms with Crippen LogP contribution in [0.5, 0.6) is 0 Å². The summed E-state index contributed by atoms with van der Waals surface area (Å²) in [5, 5.41) is 9.21. The number of piperidine rings is 1. The molecule has 1 N–H and O–H groups in total. The molecule has 9 heavy (non-hydrogen) atoms. The molecule has 1 rings (SSSR count). The molecule has 0 saturated carbocycles. The van der Waals surface area contributed by atoms with Gasteiger partial charge in [0.05, 0.1) is 6.10 Å². The van der Waals surface area contributed by atoms with Gasteiger partial charge in [-0.1, -0.05) is 6.92 Å². The molecule has 0 aromatic heterocycles. The normalized spacial score (nSPS) is 39.0. The average molecular weight is 129 g/mol. The van der Waals surface area contributed by atoms with Gasteiger partial charge in [-0.3, -0.25) is 0 Å². The van der Waals surface area contributed by atoms with E-state index in [-0.39, 0.29) is 6.10 Å². The van der Waals surface area contributed by atoms with Crippen molar-refractivity contribution < 1.29 is 5.11 Å². The molecule has 54 valence electrons. The molecule has 1 saturated heterocycles. The molecule has 1 heterocycles. The van der Waals surface area contributed by atoms with Gasteiger partial charge in [-0.15, -0.1) is 0 Å². The summed E-state index contributed by atoms with van der Waals surface area (Å²) in [6.45, 7) is 4.17. The predicted molar refractivity (Wildman–Crippen MR) is 37.3 cm³/mol. The van der Waals surface area contributed by atoms with E-state index in [9.17, 15) is 5.11 Å². The van der Waals surface area contributed by atoms with Crippen LogP contribution in [0, 0.1) is 5.92 Å². The van der Waals surface area contributed by atoms with E-state index in [0.29, 0.717) is 5.92 Å². The Hall–Kier alpha value is -0.0800. The third-order valence-electron chi connectivity index (χ3n) is 1.82. The van der Waals surface area contributed by atoms with Crippen molar-refractivity contribution in [2.45, 2.75) is 19.4 Å². The third kappa shape index (κ3) is 1.95. The Balaban J connectivity index is 2.34. The first-order chi connectivity index (χ1) is 4.18. The minimum Gasteiger partial charge on any atom is -0.392 e. The molecule has 1 aliphatic heterocycles. The van der Waals surface area contributed by atoms with Crippen molar-refractivity contribution in [3.8, 4) is 0 Å². The van der Waals surface area contributed by atoms with Gasteiger partial charge >= 0.3 is 0 Å². The lowest BCUT2D eigenvalue weighted by Crippen LogP contribution is -2.39. The van der Waals surface area contributed by atoms with E-state index in [1.165, 1.54) is 0 Å². The monoisotopic (exact) mass is 129 g/mol. The van der Waals surface area contributed by atoms with E-state index in [4.69, 9.17) is 0 Å². The summed E-state index contributed by atoms with van der Waals surface area (Å²) in [5.74, 6) is 0.666. The van der Waals surface area contributed by atoms with Crippen molar-refractivity contribution in [3.63, 3.8) is 0 Å². The number of likely N-dealkylation sites (N-methyl/N-ethyl adjacent to an activating group) is 1. The van der Waals surface area contributed by atoms with Crippen LogP contribution in [0.2, 0.25) is 0 Å². The fraction of sp³-hybridized carbons (Fsp3) is 1.00. The first kappa shape index (κ1) is 7.03. The number of hydrogen-bond acceptors (Lipinski definition) is 2. The second-order valence-corrected chi connectivity index (χ2v) is 3.22. The Morgan fingerprint density at radius 2 is 2.11 bits per heavy atom. The Labute approximate surface area is 56.5 Å². The van der Waals surface area contributed by atoms with Crippen LogP contribution in [0.3, 0.4) is 0 Å². The van der Waals surface area contributed by atoms with Gasteiger partial charge in [0.25, 0.3) is 0 Å². The average Bonchev–Trinajstić information content (AvgIpc) is 1.59. The van der Waals surface area contributed by atoms with Crippen molar-refractivity contribution in [1.29, 1.82) is 0 Å². The Bertz CT molecular complexity index is 69.9. The van der Waals surface area contributed by atoms with E-state index in [1.807, 2.05) is 0 Å². The maximum atomic E-state index is 9.21. The van der Waals surface area contributed by atoms with E-state index in [1.54, 1.807) is 0 Å². The molecule has 0 aromatic rings. The first-order valence-corrected chi connectivity index (χ1v) is 3.55. The van der Waals surface area contributed by atoms with Gasteiger partial charge in [-0.05, 0) is 19.4 Å². The second kappa shape index (κ2) is 2.67. The van der Waals surface area contributed by atoms with Crippen molar-refractivity contribution in [2.24, 2.45) is 5.92 Å². The summed E-state index contributed by atoms with van der Waals surface area (Å²) in [7, 11) is 2.05. The molecule has 1 aliphatic rings. The molecule has 0 amide bonds. The molecule has 0 aromatic carbocycles. The van der Waals surface area contributed by atoms with Crippen molar-refractivity contribution in [1.82, 2.24) is 4.90 Å². The SMILES string of the molecule is CC1CC(O)CN(C)C1. The van der Waals surface area contributed by atoms with E-state index in [2.05, 4.69) is 18.9 Å². The van der Waals surface area contributed by atoms with Gasteiger partial charge in [-0.25, -0.2) is 0 Å². The van der Waals surface area contributed by atoms with Gasteiger partial charge in [0.1, 0.15) is 0 Å². The third-order valence-corrected chi connectivity index (χ3v) is 1.82. The highest BCUT2D eigenvalue weighted by Gasteiger charge is 2.19. The summed E-state index contributed by atoms with van der Waals surface area (Å²) < 4.78 is 0. The maximum absolute atomic E-state index is 9.21. The Morgan fingerprint density at radius 1 is 1.44 bits per heavy atom.